The number of ether oxygens (including phenoxy) is 1. The third-order valence-corrected chi connectivity index (χ3v) is 2.97. The SMILES string of the molecule is COC(=O)c1cc(Cl)ccc1C(=O)c1ccc(F)cc1. The summed E-state index contributed by atoms with van der Waals surface area (Å²) in [5.41, 5.74) is 0.515. The van der Waals surface area contributed by atoms with Crippen LogP contribution in [0.1, 0.15) is 26.3 Å². The highest BCUT2D eigenvalue weighted by atomic mass is 35.5. The lowest BCUT2D eigenvalue weighted by atomic mass is 9.98. The van der Waals surface area contributed by atoms with Crippen LogP contribution in [0, 0.1) is 5.82 Å². The average molecular weight is 293 g/mol. The number of ketones is 1. The van der Waals surface area contributed by atoms with Gasteiger partial charge in [0, 0.05) is 16.1 Å². The maximum absolute atomic E-state index is 12.9. The number of carbonyl (C=O) groups is 2. The fraction of sp³-hybridized carbons (Fsp3) is 0.0667. The molecule has 0 radical (unpaired) electrons. The third-order valence-electron chi connectivity index (χ3n) is 2.74. The van der Waals surface area contributed by atoms with E-state index in [0.717, 1.165) is 0 Å². The molecule has 0 heterocycles. The molecule has 0 spiro atoms. The summed E-state index contributed by atoms with van der Waals surface area (Å²) < 4.78 is 17.5. The molecular weight excluding hydrogens is 283 g/mol. The van der Waals surface area contributed by atoms with Gasteiger partial charge in [-0.15, -0.1) is 0 Å². The van der Waals surface area contributed by atoms with Gasteiger partial charge < -0.3 is 4.74 Å². The van der Waals surface area contributed by atoms with Crippen LogP contribution in [0.15, 0.2) is 42.5 Å². The summed E-state index contributed by atoms with van der Waals surface area (Å²) in [6, 6.07) is 9.39. The Labute approximate surface area is 119 Å². The van der Waals surface area contributed by atoms with E-state index >= 15 is 0 Å². The van der Waals surface area contributed by atoms with E-state index in [1.54, 1.807) is 0 Å². The molecule has 0 amide bonds. The quantitative estimate of drug-likeness (QED) is 0.642. The highest BCUT2D eigenvalue weighted by Crippen LogP contribution is 2.20. The first-order valence-electron chi connectivity index (χ1n) is 5.71. The minimum atomic E-state index is -0.655. The van der Waals surface area contributed by atoms with Crippen LogP contribution in [-0.2, 0) is 4.74 Å². The molecule has 0 unspecified atom stereocenters. The Hall–Kier alpha value is -2.20. The summed E-state index contributed by atoms with van der Waals surface area (Å²) in [6.45, 7) is 0. The highest BCUT2D eigenvalue weighted by molar-refractivity contribution is 6.31. The summed E-state index contributed by atoms with van der Waals surface area (Å²) in [7, 11) is 1.22. The van der Waals surface area contributed by atoms with Gasteiger partial charge in [0.15, 0.2) is 5.78 Å². The van der Waals surface area contributed by atoms with Gasteiger partial charge >= 0.3 is 5.97 Å². The predicted molar refractivity (Wildman–Crippen MR) is 72.6 cm³/mol. The molecule has 0 saturated carbocycles. The Morgan fingerprint density at radius 3 is 2.30 bits per heavy atom. The summed E-state index contributed by atoms with van der Waals surface area (Å²) in [6.07, 6.45) is 0. The van der Waals surface area contributed by atoms with E-state index in [1.165, 1.54) is 49.6 Å². The number of halogens is 2. The number of benzene rings is 2. The van der Waals surface area contributed by atoms with Gasteiger partial charge in [0.1, 0.15) is 5.82 Å². The van der Waals surface area contributed by atoms with Crippen LogP contribution in [0.5, 0.6) is 0 Å². The molecule has 0 fully saturated rings. The molecule has 0 atom stereocenters. The van der Waals surface area contributed by atoms with Gasteiger partial charge in [0.2, 0.25) is 0 Å². The molecule has 0 saturated heterocycles. The Kier molecular flexibility index (Phi) is 4.15. The van der Waals surface area contributed by atoms with Crippen molar-refractivity contribution in [2.75, 3.05) is 7.11 Å². The van der Waals surface area contributed by atoms with Gasteiger partial charge in [0.25, 0.3) is 0 Å². The van der Waals surface area contributed by atoms with Crippen molar-refractivity contribution in [3.63, 3.8) is 0 Å². The first-order chi connectivity index (χ1) is 9.52. The predicted octanol–water partition coefficient (Wildman–Crippen LogP) is 3.50. The standard InChI is InChI=1S/C15H10ClFO3/c1-20-15(19)13-8-10(16)4-7-12(13)14(18)9-2-5-11(17)6-3-9/h2-8H,1H3. The van der Waals surface area contributed by atoms with Gasteiger partial charge in [-0.2, -0.15) is 0 Å². The van der Waals surface area contributed by atoms with Gasteiger partial charge in [-0.05, 0) is 42.5 Å². The Morgan fingerprint density at radius 1 is 1.05 bits per heavy atom. The topological polar surface area (TPSA) is 43.4 Å². The number of esters is 1. The molecule has 0 aliphatic carbocycles. The molecule has 3 nitrogen and oxygen atoms in total. The number of rotatable bonds is 3. The molecule has 0 N–H and O–H groups in total. The minimum absolute atomic E-state index is 0.0781. The number of methoxy groups -OCH3 is 1. The minimum Gasteiger partial charge on any atom is -0.465 e. The lowest BCUT2D eigenvalue weighted by Gasteiger charge is -2.07. The average Bonchev–Trinajstić information content (AvgIpc) is 2.46. The van der Waals surface area contributed by atoms with E-state index < -0.39 is 17.6 Å². The molecule has 2 rings (SSSR count). The van der Waals surface area contributed by atoms with E-state index in [-0.39, 0.29) is 16.7 Å². The largest absolute Gasteiger partial charge is 0.465 e. The van der Waals surface area contributed by atoms with Crippen LogP contribution in [0.25, 0.3) is 0 Å². The van der Waals surface area contributed by atoms with Crippen molar-refractivity contribution in [3.8, 4) is 0 Å². The number of hydrogen-bond donors (Lipinski definition) is 0. The Morgan fingerprint density at radius 2 is 1.70 bits per heavy atom. The highest BCUT2D eigenvalue weighted by Gasteiger charge is 2.19. The molecule has 5 heteroatoms. The van der Waals surface area contributed by atoms with Crippen molar-refractivity contribution in [1.82, 2.24) is 0 Å². The Balaban J connectivity index is 2.49. The van der Waals surface area contributed by atoms with Gasteiger partial charge in [0.05, 0.1) is 12.7 Å². The van der Waals surface area contributed by atoms with Crippen LogP contribution in [-0.4, -0.2) is 18.9 Å². The first kappa shape index (κ1) is 14.2. The molecule has 0 bridgehead atoms. The van der Waals surface area contributed by atoms with Crippen LogP contribution in [0.2, 0.25) is 5.02 Å². The van der Waals surface area contributed by atoms with Crippen molar-refractivity contribution < 1.29 is 18.7 Å². The lowest BCUT2D eigenvalue weighted by molar-refractivity contribution is 0.0597. The smallest absolute Gasteiger partial charge is 0.338 e. The van der Waals surface area contributed by atoms with Crippen LogP contribution < -0.4 is 0 Å². The van der Waals surface area contributed by atoms with Gasteiger partial charge in [-0.1, -0.05) is 11.6 Å². The molecule has 0 aliphatic rings. The second-order valence-corrected chi connectivity index (χ2v) is 4.45. The monoisotopic (exact) mass is 292 g/mol. The Bertz CT molecular complexity index is 665. The molecule has 0 aromatic heterocycles. The zero-order chi connectivity index (χ0) is 14.7. The maximum Gasteiger partial charge on any atom is 0.338 e. The van der Waals surface area contributed by atoms with Gasteiger partial charge in [-0.25, -0.2) is 9.18 Å². The van der Waals surface area contributed by atoms with Gasteiger partial charge in [-0.3, -0.25) is 4.79 Å². The summed E-state index contributed by atoms with van der Waals surface area (Å²) in [5, 5.41) is 0.320. The second kappa shape index (κ2) is 5.84. The number of hydrogen-bond acceptors (Lipinski definition) is 3. The van der Waals surface area contributed by atoms with E-state index in [9.17, 15) is 14.0 Å². The van der Waals surface area contributed by atoms with Crippen LogP contribution >= 0.6 is 11.6 Å². The molecule has 2 aromatic carbocycles. The van der Waals surface area contributed by atoms with Crippen molar-refractivity contribution in [2.24, 2.45) is 0 Å². The fourth-order valence-electron chi connectivity index (χ4n) is 1.75. The van der Waals surface area contributed by atoms with E-state index in [0.29, 0.717) is 5.02 Å². The maximum atomic E-state index is 12.9. The van der Waals surface area contributed by atoms with E-state index in [2.05, 4.69) is 4.74 Å². The normalized spacial score (nSPS) is 10.2. The van der Waals surface area contributed by atoms with Crippen molar-refractivity contribution in [3.05, 3.63) is 70.0 Å². The molecule has 0 aliphatic heterocycles. The van der Waals surface area contributed by atoms with Crippen LogP contribution in [0.4, 0.5) is 4.39 Å². The zero-order valence-corrected chi connectivity index (χ0v) is 11.3. The van der Waals surface area contributed by atoms with Crippen molar-refractivity contribution in [2.45, 2.75) is 0 Å². The van der Waals surface area contributed by atoms with Crippen molar-refractivity contribution >= 4 is 23.4 Å². The second-order valence-electron chi connectivity index (χ2n) is 4.02. The molecule has 102 valence electrons. The van der Waals surface area contributed by atoms with Crippen LogP contribution in [0.3, 0.4) is 0 Å². The third kappa shape index (κ3) is 2.86. The molecular formula is C15H10ClFO3. The van der Waals surface area contributed by atoms with E-state index in [4.69, 9.17) is 11.6 Å². The summed E-state index contributed by atoms with van der Waals surface area (Å²) in [5.74, 6) is -1.49. The fourth-order valence-corrected chi connectivity index (χ4v) is 1.92. The first-order valence-corrected chi connectivity index (χ1v) is 6.09. The summed E-state index contributed by atoms with van der Waals surface area (Å²) in [4.78, 5) is 24.0. The van der Waals surface area contributed by atoms with Crippen molar-refractivity contribution in [1.29, 1.82) is 0 Å². The molecule has 2 aromatic rings. The zero-order valence-electron chi connectivity index (χ0n) is 10.5. The lowest BCUT2D eigenvalue weighted by Crippen LogP contribution is -2.11. The van der Waals surface area contributed by atoms with E-state index in [1.807, 2.05) is 0 Å². The number of carbonyl (C=O) groups excluding carboxylic acids is 2. The molecule has 20 heavy (non-hydrogen) atoms. The summed E-state index contributed by atoms with van der Waals surface area (Å²) >= 11 is 5.82.